The van der Waals surface area contributed by atoms with Crippen LogP contribution in [-0.4, -0.2) is 52.6 Å². The predicted octanol–water partition coefficient (Wildman–Crippen LogP) is 5.70. The molecule has 7 N–H and O–H groups in total. The first-order valence-electron chi connectivity index (χ1n) is 18.5. The van der Waals surface area contributed by atoms with Crippen molar-refractivity contribution in [3.05, 3.63) is 93.6 Å². The van der Waals surface area contributed by atoms with E-state index in [1.54, 1.807) is 0 Å². The van der Waals surface area contributed by atoms with Crippen LogP contribution >= 0.6 is 0 Å². The van der Waals surface area contributed by atoms with Gasteiger partial charge < -0.3 is 31.5 Å². The van der Waals surface area contributed by atoms with Gasteiger partial charge in [-0.25, -0.2) is 0 Å². The van der Waals surface area contributed by atoms with E-state index >= 15 is 0 Å². The Morgan fingerprint density at radius 1 is 1.16 bits per heavy atom. The molecule has 3 aliphatic carbocycles. The summed E-state index contributed by atoms with van der Waals surface area (Å²) in [5.41, 5.74) is 17.2. The highest BCUT2D eigenvalue weighted by molar-refractivity contribution is 5.97. The maximum absolute atomic E-state index is 14.2. The van der Waals surface area contributed by atoms with Crippen molar-refractivity contribution in [3.63, 3.8) is 0 Å². The van der Waals surface area contributed by atoms with E-state index in [-0.39, 0.29) is 43.7 Å². The number of aliphatic hydroxyl groups excluding tert-OH is 2. The van der Waals surface area contributed by atoms with Crippen molar-refractivity contribution in [1.29, 1.82) is 0 Å². The van der Waals surface area contributed by atoms with Crippen LogP contribution < -0.4 is 11.5 Å². The van der Waals surface area contributed by atoms with E-state index in [2.05, 4.69) is 43.3 Å². The number of hydrogen-bond acceptors (Lipinski definition) is 7. The maximum Gasteiger partial charge on any atom is 0.162 e. The monoisotopic (exact) mass is 692 g/mol. The number of Topliss-reactive ketones (excluding diaryl/α,β-unsaturated/α-hetero) is 1. The van der Waals surface area contributed by atoms with Crippen LogP contribution in [0.15, 0.2) is 76.9 Å². The number of fused-ring (bicyclic) bond motifs is 2. The van der Waals surface area contributed by atoms with Crippen LogP contribution in [0.5, 0.6) is 0 Å². The first-order chi connectivity index (χ1) is 24.4. The SMILES string of the molecule is C=C1/C=C/C=C(\[C@H]2CC[C@@]3([C@H](CCCO)/C4=C(\C)C(=O)Cc5cccc(C(N)N)c5CC#C[C@H]4C[C@@]3(C)O)[C@@H]2O)COCC#CC/C(C)=C/CC1. The predicted molar refractivity (Wildman–Crippen MR) is 203 cm³/mol. The first kappa shape index (κ1) is 38.7. The Balaban J connectivity index is 1.55. The zero-order valence-corrected chi connectivity index (χ0v) is 30.6. The Morgan fingerprint density at radius 2 is 1.96 bits per heavy atom. The summed E-state index contributed by atoms with van der Waals surface area (Å²) in [4.78, 5) is 14.2. The molecule has 1 aromatic rings. The number of allylic oxidation sites excluding steroid dienone is 8. The molecule has 0 unspecified atom stereocenters. The molecule has 1 heterocycles. The smallest absolute Gasteiger partial charge is 0.162 e. The summed E-state index contributed by atoms with van der Waals surface area (Å²) in [6, 6.07) is 5.71. The highest BCUT2D eigenvalue weighted by Gasteiger charge is 2.65. The Hall–Kier alpha value is -3.53. The van der Waals surface area contributed by atoms with Crippen molar-refractivity contribution in [2.45, 2.75) is 103 Å². The van der Waals surface area contributed by atoms with Gasteiger partial charge in [-0.3, -0.25) is 4.79 Å². The minimum Gasteiger partial charge on any atom is -0.396 e. The second-order valence-corrected chi connectivity index (χ2v) is 15.1. The number of nitrogens with two attached hydrogens (primary N) is 2. The number of ether oxygens (including phenoxy) is 1. The average molecular weight is 693 g/mol. The molecule has 1 spiro atoms. The van der Waals surface area contributed by atoms with Gasteiger partial charge in [0.15, 0.2) is 5.78 Å². The molecule has 5 rings (SSSR count). The summed E-state index contributed by atoms with van der Waals surface area (Å²) in [7, 11) is 0. The van der Waals surface area contributed by atoms with Crippen LogP contribution in [0.25, 0.3) is 0 Å². The molecule has 4 aliphatic rings. The Labute approximate surface area is 304 Å². The molecular weight excluding hydrogens is 636 g/mol. The molecule has 1 aromatic carbocycles. The van der Waals surface area contributed by atoms with E-state index in [4.69, 9.17) is 16.2 Å². The highest BCUT2D eigenvalue weighted by atomic mass is 16.5. The second-order valence-electron chi connectivity index (χ2n) is 15.1. The fourth-order valence-corrected chi connectivity index (χ4v) is 9.16. The van der Waals surface area contributed by atoms with E-state index in [0.717, 1.165) is 46.3 Å². The summed E-state index contributed by atoms with van der Waals surface area (Å²) >= 11 is 0. The summed E-state index contributed by atoms with van der Waals surface area (Å²) in [6.45, 7) is 10.6. The van der Waals surface area contributed by atoms with E-state index in [9.17, 15) is 20.1 Å². The van der Waals surface area contributed by atoms with Gasteiger partial charge in [0.25, 0.3) is 0 Å². The lowest BCUT2D eigenvalue weighted by molar-refractivity contribution is -0.173. The van der Waals surface area contributed by atoms with E-state index in [1.165, 1.54) is 5.57 Å². The van der Waals surface area contributed by atoms with Gasteiger partial charge in [0.2, 0.25) is 0 Å². The van der Waals surface area contributed by atoms with Crippen molar-refractivity contribution < 1.29 is 24.9 Å². The molecule has 7 nitrogen and oxygen atoms in total. The lowest BCUT2D eigenvalue weighted by atomic mass is 9.50. The van der Waals surface area contributed by atoms with Crippen molar-refractivity contribution in [2.75, 3.05) is 19.8 Å². The Kier molecular flexibility index (Phi) is 12.8. The molecule has 0 amide bonds. The molecule has 7 heteroatoms. The third-order valence-corrected chi connectivity index (χ3v) is 11.8. The molecule has 2 fully saturated rings. The average Bonchev–Trinajstić information content (AvgIpc) is 3.43. The molecule has 0 bridgehead atoms. The number of benzene rings is 1. The number of carbonyl (C=O) groups excluding carboxylic acids is 1. The van der Waals surface area contributed by atoms with Gasteiger partial charge in [0.1, 0.15) is 6.61 Å². The van der Waals surface area contributed by atoms with Crippen LogP contribution in [-0.2, 0) is 22.4 Å². The molecule has 272 valence electrons. The van der Waals surface area contributed by atoms with Crippen LogP contribution in [0, 0.1) is 46.9 Å². The highest BCUT2D eigenvalue weighted by Crippen LogP contribution is 2.64. The standard InChI is InChI=1S/C44H56N2O5/c1-29-12-5-6-25-51-28-34(18-8-15-30(2)14-7-13-29)36-22-23-44(41(36)49)38(21-11-24-47)40-31(3)39(48)26-32-16-9-20-37(42(45)46)35(32)19-10-17-33(40)27-43(44,4)50/h8-9,13,15-16,18,20,33,36,38,41-42,47,49-50H,2,7,11-12,14,19,21-28,45-46H2,1,3-4H3/b15-8+,29-13+,34-18-,40-31+/t33-,36+,38+,41+,43+,44+/m0/s1. The number of carbonyl (C=O) groups is 1. The van der Waals surface area contributed by atoms with Gasteiger partial charge in [-0.15, -0.1) is 0 Å². The minimum atomic E-state index is -1.32. The van der Waals surface area contributed by atoms with E-state index in [1.807, 2.05) is 50.3 Å². The molecular formula is C44H56N2O5. The van der Waals surface area contributed by atoms with E-state index in [0.29, 0.717) is 50.7 Å². The summed E-state index contributed by atoms with van der Waals surface area (Å²) in [6.07, 6.45) is 12.1. The maximum atomic E-state index is 14.2. The second kappa shape index (κ2) is 16.9. The van der Waals surface area contributed by atoms with Crippen LogP contribution in [0.3, 0.4) is 0 Å². The number of ketones is 1. The normalized spacial score (nSPS) is 34.7. The number of hydrogen-bond donors (Lipinski definition) is 5. The largest absolute Gasteiger partial charge is 0.396 e. The van der Waals surface area contributed by atoms with Crippen molar-refractivity contribution in [2.24, 2.45) is 34.6 Å². The van der Waals surface area contributed by atoms with Gasteiger partial charge in [-0.1, -0.05) is 83.9 Å². The van der Waals surface area contributed by atoms with Crippen molar-refractivity contribution >= 4 is 5.78 Å². The fourth-order valence-electron chi connectivity index (χ4n) is 9.16. The zero-order valence-electron chi connectivity index (χ0n) is 30.6. The fraction of sp³-hybridized carbons (Fsp3) is 0.523. The van der Waals surface area contributed by atoms with Gasteiger partial charge in [-0.2, -0.15) is 0 Å². The minimum absolute atomic E-state index is 0.0211. The molecule has 1 aliphatic heterocycles. The first-order valence-corrected chi connectivity index (χ1v) is 18.5. The summed E-state index contributed by atoms with van der Waals surface area (Å²) in [5, 5.41) is 35.3. The van der Waals surface area contributed by atoms with E-state index < -0.39 is 29.2 Å². The third-order valence-electron chi connectivity index (χ3n) is 11.8. The van der Waals surface area contributed by atoms with Gasteiger partial charge in [0, 0.05) is 43.1 Å². The number of rotatable bonds is 5. The summed E-state index contributed by atoms with van der Waals surface area (Å²) in [5.74, 6) is 12.1. The van der Waals surface area contributed by atoms with Crippen molar-refractivity contribution in [1.82, 2.24) is 0 Å². The Bertz CT molecular complexity index is 1740. The molecule has 2 saturated carbocycles. The topological polar surface area (TPSA) is 139 Å². The zero-order chi connectivity index (χ0) is 36.8. The molecule has 0 aromatic heterocycles. The molecule has 6 atom stereocenters. The summed E-state index contributed by atoms with van der Waals surface area (Å²) < 4.78 is 6.08. The lowest BCUT2D eigenvalue weighted by Crippen LogP contribution is -2.61. The Morgan fingerprint density at radius 3 is 2.73 bits per heavy atom. The quantitative estimate of drug-likeness (QED) is 0.152. The van der Waals surface area contributed by atoms with Crippen LogP contribution in [0.1, 0.15) is 95.0 Å². The third kappa shape index (κ3) is 8.26. The number of aliphatic hydroxyl groups is 3. The van der Waals surface area contributed by atoms with Crippen LogP contribution in [0.2, 0.25) is 0 Å². The molecule has 0 radical (unpaired) electrons. The molecule has 51 heavy (non-hydrogen) atoms. The van der Waals surface area contributed by atoms with Gasteiger partial charge in [-0.05, 0) is 105 Å². The van der Waals surface area contributed by atoms with Gasteiger partial charge >= 0.3 is 0 Å². The molecule has 0 saturated heterocycles. The lowest BCUT2D eigenvalue weighted by Gasteiger charge is -2.57. The van der Waals surface area contributed by atoms with Crippen LogP contribution in [0.4, 0.5) is 0 Å². The van der Waals surface area contributed by atoms with Crippen molar-refractivity contribution in [3.8, 4) is 23.7 Å². The van der Waals surface area contributed by atoms with Gasteiger partial charge in [0.05, 0.1) is 24.5 Å².